The molecular weight excluding hydrogens is 388 g/mol. The maximum atomic E-state index is 14.1. The minimum absolute atomic E-state index is 0.146. The van der Waals surface area contributed by atoms with E-state index in [1.165, 1.54) is 30.3 Å². The zero-order valence-corrected chi connectivity index (χ0v) is 16.4. The van der Waals surface area contributed by atoms with Gasteiger partial charge in [-0.05, 0) is 48.5 Å². The van der Waals surface area contributed by atoms with Crippen molar-refractivity contribution in [2.24, 2.45) is 0 Å². The quantitative estimate of drug-likeness (QED) is 0.669. The number of hydrogen-bond acceptors (Lipinski definition) is 4. The molecule has 1 atom stereocenters. The van der Waals surface area contributed by atoms with E-state index in [0.29, 0.717) is 44.0 Å². The molecule has 1 fully saturated rings. The Kier molecular flexibility index (Phi) is 6.09. The Hall–Kier alpha value is -3.19. The number of para-hydroxylation sites is 1. The number of halogens is 2. The van der Waals surface area contributed by atoms with E-state index in [2.05, 4.69) is 10.2 Å². The molecule has 0 spiro atoms. The van der Waals surface area contributed by atoms with Crippen molar-refractivity contribution in [3.8, 4) is 0 Å². The maximum absolute atomic E-state index is 14.1. The average Bonchev–Trinajstić information content (AvgIpc) is 3.30. The number of furan rings is 1. The molecule has 1 N–H and O–H groups in total. The summed E-state index contributed by atoms with van der Waals surface area (Å²) >= 11 is 0. The number of anilines is 1. The third kappa shape index (κ3) is 4.52. The number of nitrogens with zero attached hydrogens (tertiary/aromatic N) is 2. The van der Waals surface area contributed by atoms with Gasteiger partial charge in [-0.25, -0.2) is 8.78 Å². The fraction of sp³-hybridized carbons (Fsp3) is 0.261. The van der Waals surface area contributed by atoms with Crippen LogP contribution in [-0.2, 0) is 0 Å². The monoisotopic (exact) mass is 411 g/mol. The summed E-state index contributed by atoms with van der Waals surface area (Å²) in [5.74, 6) is -0.113. The number of carbonyl (C=O) groups excluding carboxylic acids is 1. The van der Waals surface area contributed by atoms with Gasteiger partial charge in [0.2, 0.25) is 0 Å². The van der Waals surface area contributed by atoms with Crippen molar-refractivity contribution in [2.45, 2.75) is 6.04 Å². The zero-order chi connectivity index (χ0) is 20.9. The van der Waals surface area contributed by atoms with Crippen LogP contribution in [0.15, 0.2) is 71.3 Å². The number of rotatable bonds is 6. The molecule has 1 amide bonds. The molecular formula is C23H23F2N3O2. The molecule has 1 aromatic heterocycles. The second-order valence-corrected chi connectivity index (χ2v) is 7.22. The van der Waals surface area contributed by atoms with Crippen LogP contribution in [0, 0.1) is 11.6 Å². The molecule has 0 radical (unpaired) electrons. The Morgan fingerprint density at radius 1 is 0.967 bits per heavy atom. The van der Waals surface area contributed by atoms with Gasteiger partial charge >= 0.3 is 0 Å². The predicted molar refractivity (Wildman–Crippen MR) is 110 cm³/mol. The number of nitrogens with one attached hydrogen (secondary N) is 1. The van der Waals surface area contributed by atoms with Crippen LogP contribution in [0.4, 0.5) is 14.5 Å². The lowest BCUT2D eigenvalue weighted by Gasteiger charge is -2.39. The standard InChI is InChI=1S/C23H23F2N3O2/c24-18-9-7-17(8-10-18)23(29)26-16-21(22-6-3-15-30-22)28-13-11-27(12-14-28)20-5-2-1-4-19(20)25/h1-10,15,21H,11-14,16H2,(H,26,29)/t21-/m0/s1. The second-order valence-electron chi connectivity index (χ2n) is 7.22. The lowest BCUT2D eigenvalue weighted by Crippen LogP contribution is -2.50. The van der Waals surface area contributed by atoms with Gasteiger partial charge in [-0.1, -0.05) is 12.1 Å². The Morgan fingerprint density at radius 3 is 2.37 bits per heavy atom. The summed E-state index contributed by atoms with van der Waals surface area (Å²) in [6.45, 7) is 3.09. The number of carbonyl (C=O) groups is 1. The first kappa shape index (κ1) is 20.1. The van der Waals surface area contributed by atoms with E-state index in [0.717, 1.165) is 5.76 Å². The van der Waals surface area contributed by atoms with Gasteiger partial charge in [0.25, 0.3) is 5.91 Å². The van der Waals surface area contributed by atoms with E-state index in [1.54, 1.807) is 18.4 Å². The molecule has 1 aliphatic heterocycles. The maximum Gasteiger partial charge on any atom is 0.251 e. The largest absolute Gasteiger partial charge is 0.468 e. The number of piperazine rings is 1. The zero-order valence-electron chi connectivity index (χ0n) is 16.4. The lowest BCUT2D eigenvalue weighted by atomic mass is 10.1. The van der Waals surface area contributed by atoms with Gasteiger partial charge < -0.3 is 14.6 Å². The van der Waals surface area contributed by atoms with E-state index in [4.69, 9.17) is 4.42 Å². The SMILES string of the molecule is O=C(NC[C@@H](c1ccco1)N1CCN(c2ccccc2F)CC1)c1ccc(F)cc1. The fourth-order valence-corrected chi connectivity index (χ4v) is 3.77. The van der Waals surface area contributed by atoms with Crippen molar-refractivity contribution in [1.29, 1.82) is 0 Å². The Balaban J connectivity index is 1.41. The van der Waals surface area contributed by atoms with Gasteiger partial charge in [0, 0.05) is 38.3 Å². The van der Waals surface area contributed by atoms with Crippen molar-refractivity contribution >= 4 is 11.6 Å². The summed E-state index contributed by atoms with van der Waals surface area (Å²) in [4.78, 5) is 16.7. The van der Waals surface area contributed by atoms with Crippen molar-refractivity contribution in [3.05, 3.63) is 89.9 Å². The van der Waals surface area contributed by atoms with Crippen molar-refractivity contribution in [3.63, 3.8) is 0 Å². The Labute approximate surface area is 173 Å². The van der Waals surface area contributed by atoms with Crippen LogP contribution in [0.25, 0.3) is 0 Å². The number of amides is 1. The van der Waals surface area contributed by atoms with Crippen molar-refractivity contribution in [1.82, 2.24) is 10.2 Å². The first-order chi connectivity index (χ1) is 14.6. The van der Waals surface area contributed by atoms with Gasteiger partial charge in [0.1, 0.15) is 17.4 Å². The predicted octanol–water partition coefficient (Wildman–Crippen LogP) is 3.85. The highest BCUT2D eigenvalue weighted by atomic mass is 19.1. The molecule has 0 unspecified atom stereocenters. The van der Waals surface area contributed by atoms with Crippen molar-refractivity contribution < 1.29 is 18.0 Å². The van der Waals surface area contributed by atoms with Crippen LogP contribution < -0.4 is 10.2 Å². The van der Waals surface area contributed by atoms with Gasteiger partial charge in [-0.3, -0.25) is 9.69 Å². The minimum Gasteiger partial charge on any atom is -0.468 e. The van der Waals surface area contributed by atoms with Crippen LogP contribution in [0.5, 0.6) is 0 Å². The topological polar surface area (TPSA) is 48.7 Å². The summed E-state index contributed by atoms with van der Waals surface area (Å²) in [7, 11) is 0. The van der Waals surface area contributed by atoms with Gasteiger partial charge in [0.15, 0.2) is 0 Å². The van der Waals surface area contributed by atoms with Gasteiger partial charge in [-0.2, -0.15) is 0 Å². The van der Waals surface area contributed by atoms with Crippen molar-refractivity contribution in [2.75, 3.05) is 37.6 Å². The highest BCUT2D eigenvalue weighted by Crippen LogP contribution is 2.25. The molecule has 30 heavy (non-hydrogen) atoms. The molecule has 7 heteroatoms. The summed E-state index contributed by atoms with van der Waals surface area (Å²) < 4.78 is 32.8. The van der Waals surface area contributed by atoms with Gasteiger partial charge in [0.05, 0.1) is 18.0 Å². The van der Waals surface area contributed by atoms with Gasteiger partial charge in [-0.15, -0.1) is 0 Å². The van der Waals surface area contributed by atoms with Crippen LogP contribution in [-0.4, -0.2) is 43.5 Å². The summed E-state index contributed by atoms with van der Waals surface area (Å²) in [6, 6.07) is 15.8. The summed E-state index contributed by atoms with van der Waals surface area (Å²) in [5.41, 5.74) is 1.01. The molecule has 1 aliphatic rings. The normalized spacial score (nSPS) is 15.7. The molecule has 0 bridgehead atoms. The average molecular weight is 411 g/mol. The Morgan fingerprint density at radius 2 is 1.70 bits per heavy atom. The highest BCUT2D eigenvalue weighted by Gasteiger charge is 2.28. The summed E-state index contributed by atoms with van der Waals surface area (Å²) in [6.07, 6.45) is 1.61. The molecule has 0 saturated carbocycles. The number of hydrogen-bond donors (Lipinski definition) is 1. The molecule has 2 heterocycles. The van der Waals surface area contributed by atoms with Crippen LogP contribution in [0.1, 0.15) is 22.2 Å². The first-order valence-corrected chi connectivity index (χ1v) is 9.92. The van der Waals surface area contributed by atoms with Crippen LogP contribution in [0.2, 0.25) is 0 Å². The fourth-order valence-electron chi connectivity index (χ4n) is 3.77. The molecule has 1 saturated heterocycles. The summed E-state index contributed by atoms with van der Waals surface area (Å²) in [5, 5.41) is 2.92. The molecule has 2 aromatic carbocycles. The van der Waals surface area contributed by atoms with E-state index < -0.39 is 0 Å². The van der Waals surface area contributed by atoms with E-state index in [1.807, 2.05) is 23.1 Å². The third-order valence-corrected chi connectivity index (χ3v) is 5.38. The molecule has 4 rings (SSSR count). The smallest absolute Gasteiger partial charge is 0.251 e. The second kappa shape index (κ2) is 9.09. The van der Waals surface area contributed by atoms with E-state index in [-0.39, 0.29) is 23.6 Å². The minimum atomic E-state index is -0.382. The molecule has 3 aromatic rings. The third-order valence-electron chi connectivity index (χ3n) is 5.38. The molecule has 5 nitrogen and oxygen atoms in total. The number of benzene rings is 2. The molecule has 0 aliphatic carbocycles. The van der Waals surface area contributed by atoms with Crippen LogP contribution >= 0.6 is 0 Å². The van der Waals surface area contributed by atoms with E-state index in [9.17, 15) is 13.6 Å². The molecule has 156 valence electrons. The lowest BCUT2D eigenvalue weighted by molar-refractivity contribution is 0.0922. The first-order valence-electron chi connectivity index (χ1n) is 9.92. The Bertz CT molecular complexity index is 968. The van der Waals surface area contributed by atoms with Crippen LogP contribution in [0.3, 0.4) is 0 Å². The highest BCUT2D eigenvalue weighted by molar-refractivity contribution is 5.94. The van der Waals surface area contributed by atoms with E-state index >= 15 is 0 Å².